The lowest BCUT2D eigenvalue weighted by Gasteiger charge is -2.11. The number of nitrogens with zero attached hydrogens (tertiary/aromatic N) is 3. The standard InChI is InChI=1S/C16H25N5S/c1-4-14-6-7-15(22-14)11-19-16(17-5-2)18-8-9-21-12-13(3)10-20-21/h6-7,10,12H,4-5,8-9,11H2,1-3H3,(H2,17,18,19). The predicted octanol–water partition coefficient (Wildman–Crippen LogP) is 2.57. The largest absolute Gasteiger partial charge is 0.357 e. The molecule has 0 aliphatic carbocycles. The molecule has 2 N–H and O–H groups in total. The third-order valence-electron chi connectivity index (χ3n) is 3.20. The van der Waals surface area contributed by atoms with Crippen molar-refractivity contribution in [2.45, 2.75) is 40.3 Å². The highest BCUT2D eigenvalue weighted by molar-refractivity contribution is 7.11. The molecular weight excluding hydrogens is 294 g/mol. The number of thiophene rings is 1. The molecule has 0 bridgehead atoms. The van der Waals surface area contributed by atoms with Crippen molar-refractivity contribution in [3.63, 3.8) is 0 Å². The van der Waals surface area contributed by atoms with Crippen LogP contribution in [0.4, 0.5) is 0 Å². The highest BCUT2D eigenvalue weighted by Crippen LogP contribution is 2.17. The third-order valence-corrected chi connectivity index (χ3v) is 4.41. The molecule has 0 aliphatic heterocycles. The van der Waals surface area contributed by atoms with Gasteiger partial charge < -0.3 is 10.6 Å². The topological polar surface area (TPSA) is 54.2 Å². The zero-order valence-corrected chi connectivity index (χ0v) is 14.4. The number of aromatic nitrogens is 2. The van der Waals surface area contributed by atoms with Gasteiger partial charge in [-0.2, -0.15) is 5.10 Å². The van der Waals surface area contributed by atoms with E-state index in [2.05, 4.69) is 46.7 Å². The normalized spacial score (nSPS) is 11.7. The van der Waals surface area contributed by atoms with E-state index in [9.17, 15) is 0 Å². The van der Waals surface area contributed by atoms with Crippen LogP contribution in [0.2, 0.25) is 0 Å². The smallest absolute Gasteiger partial charge is 0.191 e. The zero-order valence-electron chi connectivity index (χ0n) is 13.6. The Labute approximate surface area is 136 Å². The summed E-state index contributed by atoms with van der Waals surface area (Å²) in [6.07, 6.45) is 5.01. The Morgan fingerprint density at radius 2 is 2.09 bits per heavy atom. The van der Waals surface area contributed by atoms with E-state index in [4.69, 9.17) is 0 Å². The summed E-state index contributed by atoms with van der Waals surface area (Å²) in [4.78, 5) is 7.36. The molecule has 2 aromatic heterocycles. The molecular formula is C16H25N5S. The van der Waals surface area contributed by atoms with E-state index < -0.39 is 0 Å². The fourth-order valence-corrected chi connectivity index (χ4v) is 2.96. The van der Waals surface area contributed by atoms with Crippen LogP contribution < -0.4 is 10.6 Å². The van der Waals surface area contributed by atoms with Crippen molar-refractivity contribution in [3.8, 4) is 0 Å². The average molecular weight is 319 g/mol. The van der Waals surface area contributed by atoms with E-state index in [-0.39, 0.29) is 0 Å². The fraction of sp³-hybridized carbons (Fsp3) is 0.500. The first-order valence-corrected chi connectivity index (χ1v) is 8.61. The maximum atomic E-state index is 4.64. The van der Waals surface area contributed by atoms with E-state index in [0.29, 0.717) is 0 Å². The molecule has 0 unspecified atom stereocenters. The summed E-state index contributed by atoms with van der Waals surface area (Å²) in [6, 6.07) is 4.36. The van der Waals surface area contributed by atoms with Crippen molar-refractivity contribution in [1.82, 2.24) is 20.4 Å². The number of hydrogen-bond acceptors (Lipinski definition) is 3. The molecule has 5 nitrogen and oxygen atoms in total. The third kappa shape index (κ3) is 5.18. The number of aliphatic imine (C=N–C) groups is 1. The summed E-state index contributed by atoms with van der Waals surface area (Å²) in [5.74, 6) is 0.859. The molecule has 0 radical (unpaired) electrons. The molecule has 2 rings (SSSR count). The van der Waals surface area contributed by atoms with Crippen LogP contribution in [0.1, 0.15) is 29.2 Å². The van der Waals surface area contributed by atoms with E-state index in [1.165, 1.54) is 15.3 Å². The van der Waals surface area contributed by atoms with Crippen molar-refractivity contribution >= 4 is 17.3 Å². The molecule has 0 atom stereocenters. The Bertz CT molecular complexity index is 599. The van der Waals surface area contributed by atoms with Crippen molar-refractivity contribution in [1.29, 1.82) is 0 Å². The van der Waals surface area contributed by atoms with Gasteiger partial charge in [0.1, 0.15) is 0 Å². The Morgan fingerprint density at radius 3 is 2.73 bits per heavy atom. The maximum Gasteiger partial charge on any atom is 0.191 e. The molecule has 120 valence electrons. The number of nitrogens with one attached hydrogen (secondary N) is 2. The van der Waals surface area contributed by atoms with Crippen LogP contribution in [-0.2, 0) is 19.5 Å². The lowest BCUT2D eigenvalue weighted by Crippen LogP contribution is -2.38. The zero-order chi connectivity index (χ0) is 15.8. The first-order chi connectivity index (χ1) is 10.7. The van der Waals surface area contributed by atoms with Crippen LogP contribution in [0.15, 0.2) is 29.5 Å². The molecule has 2 heterocycles. The van der Waals surface area contributed by atoms with Crippen LogP contribution >= 0.6 is 11.3 Å². The molecule has 0 saturated heterocycles. The van der Waals surface area contributed by atoms with Gasteiger partial charge in [-0.15, -0.1) is 11.3 Å². The molecule has 0 saturated carbocycles. The van der Waals surface area contributed by atoms with Gasteiger partial charge in [0.25, 0.3) is 0 Å². The van der Waals surface area contributed by atoms with Gasteiger partial charge in [-0.25, -0.2) is 4.99 Å². The average Bonchev–Trinajstić information content (AvgIpc) is 3.13. The highest BCUT2D eigenvalue weighted by Gasteiger charge is 2.01. The second-order valence-electron chi connectivity index (χ2n) is 5.12. The van der Waals surface area contributed by atoms with Crippen LogP contribution in [-0.4, -0.2) is 28.8 Å². The molecule has 0 fully saturated rings. The van der Waals surface area contributed by atoms with Gasteiger partial charge in [-0.1, -0.05) is 6.92 Å². The van der Waals surface area contributed by atoms with E-state index in [0.717, 1.165) is 38.6 Å². The fourth-order valence-electron chi connectivity index (χ4n) is 2.07. The summed E-state index contributed by atoms with van der Waals surface area (Å²) in [6.45, 7) is 9.52. The predicted molar refractivity (Wildman–Crippen MR) is 93.5 cm³/mol. The summed E-state index contributed by atoms with van der Waals surface area (Å²) >= 11 is 1.84. The summed E-state index contributed by atoms with van der Waals surface area (Å²) in [7, 11) is 0. The van der Waals surface area contributed by atoms with Gasteiger partial charge >= 0.3 is 0 Å². The van der Waals surface area contributed by atoms with Gasteiger partial charge in [0, 0.05) is 29.0 Å². The van der Waals surface area contributed by atoms with Gasteiger partial charge in [0.15, 0.2) is 5.96 Å². The quantitative estimate of drug-likeness (QED) is 0.609. The monoisotopic (exact) mass is 319 g/mol. The second kappa shape index (κ2) is 8.58. The summed E-state index contributed by atoms with van der Waals surface area (Å²) in [5.41, 5.74) is 1.19. The van der Waals surface area contributed by atoms with Crippen LogP contribution in [0.5, 0.6) is 0 Å². The van der Waals surface area contributed by atoms with Crippen LogP contribution in [0.3, 0.4) is 0 Å². The van der Waals surface area contributed by atoms with Crippen molar-refractivity contribution < 1.29 is 0 Å². The van der Waals surface area contributed by atoms with Crippen molar-refractivity contribution in [2.24, 2.45) is 4.99 Å². The number of rotatable bonds is 7. The Kier molecular flexibility index (Phi) is 6.45. The number of hydrogen-bond donors (Lipinski definition) is 2. The van der Waals surface area contributed by atoms with E-state index in [1.807, 2.05) is 35.3 Å². The molecule has 0 spiro atoms. The van der Waals surface area contributed by atoms with Gasteiger partial charge in [0.2, 0.25) is 0 Å². The summed E-state index contributed by atoms with van der Waals surface area (Å²) in [5, 5.41) is 10.9. The lowest BCUT2D eigenvalue weighted by molar-refractivity contribution is 0.597. The number of guanidine groups is 1. The molecule has 6 heteroatoms. The number of aryl methyl sites for hydroxylation is 2. The van der Waals surface area contributed by atoms with Gasteiger partial charge in [-0.3, -0.25) is 4.68 Å². The molecule has 22 heavy (non-hydrogen) atoms. The van der Waals surface area contributed by atoms with Crippen LogP contribution in [0, 0.1) is 6.92 Å². The Balaban J connectivity index is 1.83. The molecule has 2 aromatic rings. The van der Waals surface area contributed by atoms with Gasteiger partial charge in [0.05, 0.1) is 19.3 Å². The van der Waals surface area contributed by atoms with E-state index >= 15 is 0 Å². The molecule has 0 aliphatic rings. The Hall–Kier alpha value is -1.82. The minimum absolute atomic E-state index is 0.723. The Morgan fingerprint density at radius 1 is 1.27 bits per heavy atom. The maximum absolute atomic E-state index is 4.64. The SMILES string of the molecule is CCNC(=NCc1ccc(CC)s1)NCCn1cc(C)cn1. The first kappa shape index (κ1) is 16.5. The molecule has 0 aromatic carbocycles. The van der Waals surface area contributed by atoms with Crippen molar-refractivity contribution in [3.05, 3.63) is 39.8 Å². The minimum atomic E-state index is 0.723. The first-order valence-electron chi connectivity index (χ1n) is 7.80. The van der Waals surface area contributed by atoms with Crippen LogP contribution in [0.25, 0.3) is 0 Å². The lowest BCUT2D eigenvalue weighted by atomic mass is 10.4. The van der Waals surface area contributed by atoms with Gasteiger partial charge in [-0.05, 0) is 38.0 Å². The minimum Gasteiger partial charge on any atom is -0.357 e. The van der Waals surface area contributed by atoms with Crippen molar-refractivity contribution in [2.75, 3.05) is 13.1 Å². The second-order valence-corrected chi connectivity index (χ2v) is 6.38. The summed E-state index contributed by atoms with van der Waals surface area (Å²) < 4.78 is 1.94. The highest BCUT2D eigenvalue weighted by atomic mass is 32.1. The van der Waals surface area contributed by atoms with E-state index in [1.54, 1.807) is 0 Å². The molecule has 0 amide bonds.